The number of nitrogens with one attached hydrogen (secondary N) is 1. The highest BCUT2D eigenvalue weighted by molar-refractivity contribution is 7.99. The SMILES string of the molecule is CCCNC1CC(C)(C)Cc2nc(N3CCSCC3)sc21. The van der Waals surface area contributed by atoms with Crippen LogP contribution in [-0.4, -0.2) is 36.1 Å². The van der Waals surface area contributed by atoms with Crippen LogP contribution in [0.4, 0.5) is 5.13 Å². The average Bonchev–Trinajstić information content (AvgIpc) is 2.88. The summed E-state index contributed by atoms with van der Waals surface area (Å²) in [7, 11) is 0. The molecule has 1 aliphatic heterocycles. The molecule has 0 bridgehead atoms. The third kappa shape index (κ3) is 3.57. The summed E-state index contributed by atoms with van der Waals surface area (Å²) >= 11 is 4.01. The molecule has 0 aromatic carbocycles. The lowest BCUT2D eigenvalue weighted by Gasteiger charge is -2.34. The molecule has 1 aliphatic carbocycles. The number of thioether (sulfide) groups is 1. The van der Waals surface area contributed by atoms with Crippen LogP contribution in [0, 0.1) is 5.41 Å². The molecule has 0 radical (unpaired) electrons. The monoisotopic (exact) mass is 325 g/mol. The number of hydrogen-bond acceptors (Lipinski definition) is 5. The molecule has 0 spiro atoms. The minimum Gasteiger partial charge on any atom is -0.346 e. The van der Waals surface area contributed by atoms with Gasteiger partial charge < -0.3 is 10.2 Å². The molecule has 1 fully saturated rings. The lowest BCUT2D eigenvalue weighted by molar-refractivity contribution is 0.258. The van der Waals surface area contributed by atoms with Crippen LogP contribution >= 0.6 is 23.1 Å². The maximum Gasteiger partial charge on any atom is 0.185 e. The summed E-state index contributed by atoms with van der Waals surface area (Å²) in [4.78, 5) is 9.02. The molecule has 1 aromatic rings. The summed E-state index contributed by atoms with van der Waals surface area (Å²) in [5.74, 6) is 2.49. The minimum absolute atomic E-state index is 0.363. The highest BCUT2D eigenvalue weighted by Crippen LogP contribution is 2.44. The summed E-state index contributed by atoms with van der Waals surface area (Å²) in [6, 6.07) is 0.508. The van der Waals surface area contributed by atoms with Gasteiger partial charge in [0.05, 0.1) is 5.69 Å². The number of hydrogen-bond donors (Lipinski definition) is 1. The fourth-order valence-corrected chi connectivity index (χ4v) is 5.41. The Labute approximate surface area is 136 Å². The van der Waals surface area contributed by atoms with Crippen LogP contribution < -0.4 is 10.2 Å². The standard InChI is InChI=1S/C16H27N3S2/c1-4-5-17-12-10-16(2,3)11-13-14(12)21-15(18-13)19-6-8-20-9-7-19/h12,17H,4-11H2,1-3H3. The Morgan fingerprint density at radius 3 is 2.81 bits per heavy atom. The summed E-state index contributed by atoms with van der Waals surface area (Å²) in [6.07, 6.45) is 3.56. The highest BCUT2D eigenvalue weighted by Gasteiger charge is 2.35. The van der Waals surface area contributed by atoms with Gasteiger partial charge in [-0.25, -0.2) is 4.98 Å². The zero-order chi connectivity index (χ0) is 14.9. The van der Waals surface area contributed by atoms with Gasteiger partial charge in [0.15, 0.2) is 5.13 Å². The van der Waals surface area contributed by atoms with Crippen LogP contribution in [0.3, 0.4) is 0 Å². The van der Waals surface area contributed by atoms with Crippen LogP contribution in [0.15, 0.2) is 0 Å². The van der Waals surface area contributed by atoms with Gasteiger partial charge in [-0.2, -0.15) is 11.8 Å². The van der Waals surface area contributed by atoms with E-state index in [-0.39, 0.29) is 0 Å². The van der Waals surface area contributed by atoms with Gasteiger partial charge >= 0.3 is 0 Å². The maximum absolute atomic E-state index is 5.02. The number of thiazole rings is 1. The number of anilines is 1. The molecule has 3 nitrogen and oxygen atoms in total. The molecule has 2 aliphatic rings. The van der Waals surface area contributed by atoms with Gasteiger partial charge in [0.1, 0.15) is 0 Å². The van der Waals surface area contributed by atoms with Crippen molar-refractivity contribution in [2.24, 2.45) is 5.41 Å². The predicted octanol–water partition coefficient (Wildman–Crippen LogP) is 3.71. The van der Waals surface area contributed by atoms with Gasteiger partial charge in [-0.3, -0.25) is 0 Å². The van der Waals surface area contributed by atoms with Crippen LogP contribution in [0.5, 0.6) is 0 Å². The van der Waals surface area contributed by atoms with Crippen LogP contribution in [0.1, 0.15) is 50.2 Å². The van der Waals surface area contributed by atoms with E-state index in [1.165, 1.54) is 40.0 Å². The molecular formula is C16H27N3S2. The van der Waals surface area contributed by atoms with Crippen molar-refractivity contribution in [1.82, 2.24) is 10.3 Å². The fraction of sp³-hybridized carbons (Fsp3) is 0.812. The first kappa shape index (κ1) is 15.6. The Hall–Kier alpha value is -0.260. The van der Waals surface area contributed by atoms with E-state index in [4.69, 9.17) is 4.98 Å². The van der Waals surface area contributed by atoms with Gasteiger partial charge in [0.2, 0.25) is 0 Å². The predicted molar refractivity (Wildman–Crippen MR) is 94.8 cm³/mol. The highest BCUT2D eigenvalue weighted by atomic mass is 32.2. The Morgan fingerprint density at radius 2 is 2.10 bits per heavy atom. The Balaban J connectivity index is 1.83. The van der Waals surface area contributed by atoms with Gasteiger partial charge in [0, 0.05) is 35.5 Å². The zero-order valence-corrected chi connectivity index (χ0v) is 15.1. The summed E-state index contributed by atoms with van der Waals surface area (Å²) < 4.78 is 0. The van der Waals surface area contributed by atoms with Gasteiger partial charge in [-0.05, 0) is 31.2 Å². The number of nitrogens with zero attached hydrogens (tertiary/aromatic N) is 2. The van der Waals surface area contributed by atoms with E-state index in [0.717, 1.165) is 26.1 Å². The van der Waals surface area contributed by atoms with Crippen molar-refractivity contribution >= 4 is 28.2 Å². The Kier molecular flexibility index (Phi) is 4.81. The van der Waals surface area contributed by atoms with E-state index < -0.39 is 0 Å². The first-order valence-corrected chi connectivity index (χ1v) is 10.1. The van der Waals surface area contributed by atoms with Crippen LogP contribution in [0.2, 0.25) is 0 Å². The average molecular weight is 326 g/mol. The molecule has 0 amide bonds. The number of aromatic nitrogens is 1. The molecule has 3 rings (SSSR count). The second kappa shape index (κ2) is 6.47. The molecule has 1 N–H and O–H groups in total. The van der Waals surface area contributed by atoms with E-state index in [9.17, 15) is 0 Å². The molecule has 1 atom stereocenters. The topological polar surface area (TPSA) is 28.2 Å². The van der Waals surface area contributed by atoms with Crippen molar-refractivity contribution in [3.8, 4) is 0 Å². The van der Waals surface area contributed by atoms with Crippen molar-refractivity contribution in [2.75, 3.05) is 36.0 Å². The van der Waals surface area contributed by atoms with Crippen LogP contribution in [-0.2, 0) is 6.42 Å². The fourth-order valence-electron chi connectivity index (χ4n) is 3.29. The number of fused-ring (bicyclic) bond motifs is 1. The van der Waals surface area contributed by atoms with Crippen molar-refractivity contribution in [3.63, 3.8) is 0 Å². The summed E-state index contributed by atoms with van der Waals surface area (Å²) in [5.41, 5.74) is 1.72. The third-order valence-electron chi connectivity index (χ3n) is 4.36. The van der Waals surface area contributed by atoms with E-state index in [2.05, 4.69) is 42.7 Å². The molecule has 5 heteroatoms. The van der Waals surface area contributed by atoms with Crippen molar-refractivity contribution in [1.29, 1.82) is 0 Å². The maximum atomic E-state index is 5.02. The number of rotatable bonds is 4. The lowest BCUT2D eigenvalue weighted by Crippen LogP contribution is -2.33. The molecule has 21 heavy (non-hydrogen) atoms. The molecule has 1 aromatic heterocycles. The van der Waals surface area contributed by atoms with E-state index in [0.29, 0.717) is 11.5 Å². The second-order valence-electron chi connectivity index (χ2n) is 6.96. The minimum atomic E-state index is 0.363. The van der Waals surface area contributed by atoms with E-state index >= 15 is 0 Å². The Morgan fingerprint density at radius 1 is 1.33 bits per heavy atom. The van der Waals surface area contributed by atoms with E-state index in [1.54, 1.807) is 0 Å². The van der Waals surface area contributed by atoms with Crippen LogP contribution in [0.25, 0.3) is 0 Å². The van der Waals surface area contributed by atoms with Gasteiger partial charge in [-0.15, -0.1) is 0 Å². The summed E-state index contributed by atoms with van der Waals surface area (Å²) in [6.45, 7) is 10.4. The Bertz CT molecular complexity index is 478. The largest absolute Gasteiger partial charge is 0.346 e. The first-order chi connectivity index (χ1) is 10.1. The molecule has 2 heterocycles. The zero-order valence-electron chi connectivity index (χ0n) is 13.4. The quantitative estimate of drug-likeness (QED) is 0.913. The van der Waals surface area contributed by atoms with Crippen molar-refractivity contribution in [2.45, 2.75) is 46.1 Å². The molecule has 0 saturated carbocycles. The first-order valence-electron chi connectivity index (χ1n) is 8.15. The molecular weight excluding hydrogens is 298 g/mol. The lowest BCUT2D eigenvalue weighted by atomic mass is 9.76. The molecule has 1 unspecified atom stereocenters. The second-order valence-corrected chi connectivity index (χ2v) is 9.19. The van der Waals surface area contributed by atoms with Gasteiger partial charge in [-0.1, -0.05) is 32.1 Å². The third-order valence-corrected chi connectivity index (χ3v) is 6.57. The van der Waals surface area contributed by atoms with Crippen molar-refractivity contribution < 1.29 is 0 Å². The smallest absolute Gasteiger partial charge is 0.185 e. The molecule has 1 saturated heterocycles. The molecule has 118 valence electrons. The summed E-state index contributed by atoms with van der Waals surface area (Å²) in [5, 5.41) is 5.01. The van der Waals surface area contributed by atoms with Gasteiger partial charge in [0.25, 0.3) is 0 Å². The normalized spacial score (nSPS) is 24.9. The van der Waals surface area contributed by atoms with E-state index in [1.807, 2.05) is 11.3 Å². The van der Waals surface area contributed by atoms with Crippen molar-refractivity contribution in [3.05, 3.63) is 10.6 Å².